The Morgan fingerprint density at radius 2 is 1.77 bits per heavy atom. The van der Waals surface area contributed by atoms with E-state index in [2.05, 4.69) is 24.4 Å². The van der Waals surface area contributed by atoms with Crippen molar-refractivity contribution in [3.05, 3.63) is 54.1 Å². The van der Waals surface area contributed by atoms with Gasteiger partial charge in [-0.15, -0.1) is 0 Å². The Morgan fingerprint density at radius 1 is 1.08 bits per heavy atom. The van der Waals surface area contributed by atoms with Crippen molar-refractivity contribution < 1.29 is 19.4 Å². The van der Waals surface area contributed by atoms with Crippen LogP contribution in [-0.2, 0) is 16.0 Å². The zero-order valence-corrected chi connectivity index (χ0v) is 23.5. The van der Waals surface area contributed by atoms with Crippen LogP contribution in [0.15, 0.2) is 53.5 Å². The van der Waals surface area contributed by atoms with Crippen molar-refractivity contribution in [2.45, 2.75) is 75.7 Å². The first-order valence-electron chi connectivity index (χ1n) is 14.3. The van der Waals surface area contributed by atoms with Crippen LogP contribution < -0.4 is 10.1 Å². The molecule has 0 aromatic heterocycles. The zero-order chi connectivity index (χ0) is 27.1. The van der Waals surface area contributed by atoms with Crippen LogP contribution in [0, 0.1) is 17.8 Å². The Labute approximate surface area is 234 Å². The van der Waals surface area contributed by atoms with Crippen LogP contribution in [-0.4, -0.2) is 50.5 Å². The molecule has 0 spiro atoms. The number of benzene rings is 2. The Balaban J connectivity index is 1.23. The first kappa shape index (κ1) is 26.4. The lowest BCUT2D eigenvalue weighted by atomic mass is 9.52. The molecule has 1 saturated heterocycles. The average Bonchev–Trinajstić information content (AvgIpc) is 3.18. The minimum absolute atomic E-state index is 0.0322. The predicted molar refractivity (Wildman–Crippen MR) is 154 cm³/mol. The van der Waals surface area contributed by atoms with Gasteiger partial charge in [-0.3, -0.25) is 14.5 Å². The number of nitrogens with one attached hydrogen (secondary N) is 1. The van der Waals surface area contributed by atoms with Gasteiger partial charge in [-0.2, -0.15) is 0 Å². The predicted octanol–water partition coefficient (Wildman–Crippen LogP) is 5.55. The van der Waals surface area contributed by atoms with Crippen molar-refractivity contribution >= 4 is 40.1 Å². The number of anilines is 1. The summed E-state index contributed by atoms with van der Waals surface area (Å²) in [5.41, 5.74) is 2.15. The maximum absolute atomic E-state index is 14.0. The van der Waals surface area contributed by atoms with Gasteiger partial charge in [-0.05, 0) is 105 Å². The van der Waals surface area contributed by atoms with E-state index in [0.29, 0.717) is 23.4 Å². The van der Waals surface area contributed by atoms with Crippen molar-refractivity contribution in [2.24, 2.45) is 22.7 Å². The number of rotatable bonds is 8. The first-order valence-corrected chi connectivity index (χ1v) is 15.1. The molecule has 4 aliphatic carbocycles. The highest BCUT2D eigenvalue weighted by molar-refractivity contribution is 8.15. The molecule has 2 aromatic rings. The standard InChI is InChI=1S/C31H37N3O4S/c1-3-19-5-7-24(8-6-19)33-30-34(28-21-13-20-14-22(28)18-31(37,16-20)17-21)29(36)26(39-30)15-27(35)32-23-9-11-25(12-10-23)38-4-2/h5-12,20-22,26,28,37H,3-4,13-18H2,1-2H3,(H,32,35). The third kappa shape index (κ3) is 5.33. The molecule has 3 unspecified atom stereocenters. The number of nitrogens with zero attached hydrogens (tertiary/aromatic N) is 2. The van der Waals surface area contributed by atoms with Crippen molar-refractivity contribution in [3.63, 3.8) is 0 Å². The molecule has 2 amide bonds. The maximum Gasteiger partial charge on any atom is 0.242 e. The molecule has 7 nitrogen and oxygen atoms in total. The van der Waals surface area contributed by atoms with Crippen LogP contribution in [0.1, 0.15) is 57.9 Å². The number of carbonyl (C=O) groups excluding carboxylic acids is 2. The molecule has 5 fully saturated rings. The molecule has 7 rings (SSSR count). The first-order chi connectivity index (χ1) is 18.8. The van der Waals surface area contributed by atoms with E-state index >= 15 is 0 Å². The van der Waals surface area contributed by atoms with Crippen molar-refractivity contribution in [1.82, 2.24) is 4.90 Å². The van der Waals surface area contributed by atoms with Gasteiger partial charge in [0.05, 0.1) is 17.9 Å². The number of carbonyl (C=O) groups is 2. The smallest absolute Gasteiger partial charge is 0.242 e. The summed E-state index contributed by atoms with van der Waals surface area (Å²) in [6, 6.07) is 15.5. The zero-order valence-electron chi connectivity index (χ0n) is 22.6. The monoisotopic (exact) mass is 547 g/mol. The van der Waals surface area contributed by atoms with Crippen LogP contribution in [0.2, 0.25) is 0 Å². The van der Waals surface area contributed by atoms with Crippen molar-refractivity contribution in [2.75, 3.05) is 11.9 Å². The summed E-state index contributed by atoms with van der Waals surface area (Å²) in [4.78, 5) is 33.9. The molecular weight excluding hydrogens is 510 g/mol. The van der Waals surface area contributed by atoms with Crippen molar-refractivity contribution in [3.8, 4) is 5.75 Å². The van der Waals surface area contributed by atoms with Gasteiger partial charge in [0.2, 0.25) is 11.8 Å². The fraction of sp³-hybridized carbons (Fsp3) is 0.516. The second-order valence-corrected chi connectivity index (χ2v) is 12.8. The normalized spacial score (nSPS) is 32.2. The lowest BCUT2D eigenvalue weighted by Gasteiger charge is -2.59. The van der Waals surface area contributed by atoms with E-state index in [1.54, 1.807) is 0 Å². The number of hydrogen-bond donors (Lipinski definition) is 2. The number of hydrogen-bond acceptors (Lipinski definition) is 6. The fourth-order valence-electron chi connectivity index (χ4n) is 7.44. The summed E-state index contributed by atoms with van der Waals surface area (Å²) in [6.45, 7) is 4.63. The quantitative estimate of drug-likeness (QED) is 0.452. The summed E-state index contributed by atoms with van der Waals surface area (Å²) in [5, 5.41) is 14.2. The summed E-state index contributed by atoms with van der Waals surface area (Å²) < 4.78 is 5.48. The van der Waals surface area contributed by atoms with Gasteiger partial charge in [0.25, 0.3) is 0 Å². The largest absolute Gasteiger partial charge is 0.494 e. The Kier molecular flexibility index (Phi) is 7.18. The van der Waals surface area contributed by atoms with E-state index in [9.17, 15) is 14.7 Å². The number of thioether (sulfide) groups is 1. The molecule has 1 heterocycles. The van der Waals surface area contributed by atoms with Crippen LogP contribution in [0.3, 0.4) is 0 Å². The maximum atomic E-state index is 14.0. The van der Waals surface area contributed by atoms with Gasteiger partial charge < -0.3 is 15.2 Å². The third-order valence-electron chi connectivity index (χ3n) is 8.85. The van der Waals surface area contributed by atoms with E-state index in [4.69, 9.17) is 9.73 Å². The number of ether oxygens (including phenoxy) is 1. The number of amides is 2. The van der Waals surface area contributed by atoms with E-state index in [1.165, 1.54) is 17.3 Å². The van der Waals surface area contributed by atoms with Gasteiger partial charge in [-0.1, -0.05) is 30.8 Å². The minimum atomic E-state index is -0.576. The van der Waals surface area contributed by atoms with Gasteiger partial charge in [0.1, 0.15) is 11.0 Å². The molecule has 8 heteroatoms. The molecule has 3 atom stereocenters. The Bertz CT molecular complexity index is 1250. The van der Waals surface area contributed by atoms with Crippen LogP contribution in [0.5, 0.6) is 5.75 Å². The SMILES string of the molecule is CCOc1ccc(NC(=O)CC2SC(=Nc3ccc(CC)cc3)N(C3C4CC5CC3CC(O)(C5)C4)C2=O)cc1. The third-order valence-corrected chi connectivity index (χ3v) is 10.00. The molecule has 206 valence electrons. The molecule has 39 heavy (non-hydrogen) atoms. The molecule has 4 saturated carbocycles. The van der Waals surface area contributed by atoms with E-state index < -0.39 is 10.9 Å². The summed E-state index contributed by atoms with van der Waals surface area (Å²) in [7, 11) is 0. The molecule has 2 N–H and O–H groups in total. The number of aliphatic imine (C=N–C) groups is 1. The van der Waals surface area contributed by atoms with E-state index in [-0.39, 0.29) is 36.1 Å². The molecular formula is C31H37N3O4S. The second kappa shape index (κ2) is 10.6. The van der Waals surface area contributed by atoms with Crippen LogP contribution in [0.25, 0.3) is 0 Å². The number of amidine groups is 1. The van der Waals surface area contributed by atoms with Gasteiger partial charge in [-0.25, -0.2) is 4.99 Å². The molecule has 1 aliphatic heterocycles. The van der Waals surface area contributed by atoms with Gasteiger partial charge in [0, 0.05) is 18.2 Å². The topological polar surface area (TPSA) is 91.2 Å². The van der Waals surface area contributed by atoms with Crippen LogP contribution >= 0.6 is 11.8 Å². The average molecular weight is 548 g/mol. The summed E-state index contributed by atoms with van der Waals surface area (Å²) >= 11 is 1.41. The van der Waals surface area contributed by atoms with E-state index in [0.717, 1.165) is 50.0 Å². The second-order valence-electron chi connectivity index (χ2n) is 11.6. The highest BCUT2D eigenvalue weighted by Gasteiger charge is 2.59. The number of aliphatic hydroxyl groups is 1. The van der Waals surface area contributed by atoms with Crippen LogP contribution in [0.4, 0.5) is 11.4 Å². The summed E-state index contributed by atoms with van der Waals surface area (Å²) in [6.07, 6.45) is 5.54. The minimum Gasteiger partial charge on any atom is -0.494 e. The lowest BCUT2D eigenvalue weighted by Crippen LogP contribution is -2.62. The number of aryl methyl sites for hydroxylation is 1. The molecule has 5 aliphatic rings. The molecule has 4 bridgehead atoms. The Morgan fingerprint density at radius 3 is 2.38 bits per heavy atom. The van der Waals surface area contributed by atoms with Crippen molar-refractivity contribution in [1.29, 1.82) is 0 Å². The highest BCUT2D eigenvalue weighted by atomic mass is 32.2. The van der Waals surface area contributed by atoms with E-state index in [1.807, 2.05) is 48.2 Å². The fourth-order valence-corrected chi connectivity index (χ4v) is 8.63. The highest BCUT2D eigenvalue weighted by Crippen LogP contribution is 2.58. The molecule has 0 radical (unpaired) electrons. The van der Waals surface area contributed by atoms with Gasteiger partial charge in [0.15, 0.2) is 5.17 Å². The lowest BCUT2D eigenvalue weighted by molar-refractivity contribution is -0.160. The Hall–Kier alpha value is -2.84. The van der Waals surface area contributed by atoms with Gasteiger partial charge >= 0.3 is 0 Å². The molecule has 2 aromatic carbocycles. The summed E-state index contributed by atoms with van der Waals surface area (Å²) in [5.74, 6) is 1.62.